The molecular weight excluding hydrogens is 210 g/mol. The Labute approximate surface area is 99.5 Å². The number of hydrogen-bond donors (Lipinski definition) is 1. The van der Waals surface area contributed by atoms with E-state index in [0.29, 0.717) is 0 Å². The van der Waals surface area contributed by atoms with Gasteiger partial charge in [-0.25, -0.2) is 4.98 Å². The minimum absolute atomic E-state index is 0.899. The van der Waals surface area contributed by atoms with E-state index in [1.54, 1.807) is 0 Å². The second kappa shape index (κ2) is 3.70. The Morgan fingerprint density at radius 2 is 1.76 bits per heavy atom. The standard InChI is InChI=1S/C14H13N3/c1-9-8-12-13(10(2)15-9)17-14(16-12)11-6-4-3-5-7-11/h3-8H,1-2H3,(H,16,17). The maximum atomic E-state index is 4.61. The quantitative estimate of drug-likeness (QED) is 0.688. The molecule has 0 spiro atoms. The van der Waals surface area contributed by atoms with Crippen molar-refractivity contribution in [2.24, 2.45) is 0 Å². The summed E-state index contributed by atoms with van der Waals surface area (Å²) < 4.78 is 0. The van der Waals surface area contributed by atoms with Crippen LogP contribution in [0.25, 0.3) is 22.4 Å². The van der Waals surface area contributed by atoms with Crippen LogP contribution >= 0.6 is 0 Å². The molecule has 0 fully saturated rings. The number of nitrogens with one attached hydrogen (secondary N) is 1. The maximum absolute atomic E-state index is 4.61. The summed E-state index contributed by atoms with van der Waals surface area (Å²) in [6.07, 6.45) is 0. The lowest BCUT2D eigenvalue weighted by atomic mass is 10.2. The Balaban J connectivity index is 2.24. The van der Waals surface area contributed by atoms with Crippen LogP contribution in [0.3, 0.4) is 0 Å². The molecular formula is C14H13N3. The molecule has 0 saturated heterocycles. The van der Waals surface area contributed by atoms with E-state index < -0.39 is 0 Å². The molecule has 3 rings (SSSR count). The topological polar surface area (TPSA) is 41.6 Å². The van der Waals surface area contributed by atoms with E-state index in [2.05, 4.69) is 15.0 Å². The van der Waals surface area contributed by atoms with Gasteiger partial charge in [0.2, 0.25) is 0 Å². The first kappa shape index (κ1) is 10.0. The number of benzene rings is 1. The Morgan fingerprint density at radius 3 is 2.53 bits per heavy atom. The Hall–Kier alpha value is -2.16. The van der Waals surface area contributed by atoms with E-state index in [1.807, 2.05) is 50.2 Å². The summed E-state index contributed by atoms with van der Waals surface area (Å²) in [5.41, 5.74) is 5.08. The number of imidazole rings is 1. The third-order valence-electron chi connectivity index (χ3n) is 2.82. The van der Waals surface area contributed by atoms with Gasteiger partial charge in [0.25, 0.3) is 0 Å². The summed E-state index contributed by atoms with van der Waals surface area (Å²) in [6, 6.07) is 12.2. The molecule has 0 bridgehead atoms. The lowest BCUT2D eigenvalue weighted by Crippen LogP contribution is -1.86. The van der Waals surface area contributed by atoms with Crippen LogP contribution in [0.4, 0.5) is 0 Å². The molecule has 0 atom stereocenters. The molecule has 0 aliphatic heterocycles. The highest BCUT2D eigenvalue weighted by Gasteiger charge is 2.08. The highest BCUT2D eigenvalue weighted by molar-refractivity contribution is 5.81. The number of H-pyrrole nitrogens is 1. The first-order chi connectivity index (χ1) is 8.24. The van der Waals surface area contributed by atoms with Crippen molar-refractivity contribution >= 4 is 11.0 Å². The smallest absolute Gasteiger partial charge is 0.138 e. The fraction of sp³-hybridized carbons (Fsp3) is 0.143. The maximum Gasteiger partial charge on any atom is 0.138 e. The van der Waals surface area contributed by atoms with Crippen molar-refractivity contribution in [3.05, 3.63) is 47.8 Å². The highest BCUT2D eigenvalue weighted by atomic mass is 14.9. The van der Waals surface area contributed by atoms with E-state index in [9.17, 15) is 0 Å². The van der Waals surface area contributed by atoms with Gasteiger partial charge >= 0.3 is 0 Å². The monoisotopic (exact) mass is 223 g/mol. The summed E-state index contributed by atoms with van der Waals surface area (Å²) in [5.74, 6) is 0.899. The molecule has 2 aromatic heterocycles. The number of aryl methyl sites for hydroxylation is 2. The predicted octanol–water partition coefficient (Wildman–Crippen LogP) is 3.24. The molecule has 0 aliphatic carbocycles. The van der Waals surface area contributed by atoms with Gasteiger partial charge in [0.1, 0.15) is 11.3 Å². The molecule has 0 aliphatic rings. The van der Waals surface area contributed by atoms with Crippen LogP contribution in [0.5, 0.6) is 0 Å². The van der Waals surface area contributed by atoms with Crippen LogP contribution in [-0.2, 0) is 0 Å². The SMILES string of the molecule is Cc1cc2[nH]c(-c3ccccc3)nc2c(C)n1. The number of aromatic nitrogens is 3. The molecule has 17 heavy (non-hydrogen) atoms. The van der Waals surface area contributed by atoms with Gasteiger partial charge in [0, 0.05) is 11.3 Å². The molecule has 3 heteroatoms. The first-order valence-corrected chi connectivity index (χ1v) is 5.63. The summed E-state index contributed by atoms with van der Waals surface area (Å²) >= 11 is 0. The van der Waals surface area contributed by atoms with E-state index in [0.717, 1.165) is 33.8 Å². The summed E-state index contributed by atoms with van der Waals surface area (Å²) in [5, 5.41) is 0. The molecule has 0 unspecified atom stereocenters. The Morgan fingerprint density at radius 1 is 1.00 bits per heavy atom. The normalized spacial score (nSPS) is 10.9. The van der Waals surface area contributed by atoms with Crippen LogP contribution in [0.15, 0.2) is 36.4 Å². The zero-order valence-electron chi connectivity index (χ0n) is 9.86. The summed E-state index contributed by atoms with van der Waals surface area (Å²) in [4.78, 5) is 12.4. The van der Waals surface area contributed by atoms with E-state index in [1.165, 1.54) is 0 Å². The Kier molecular flexibility index (Phi) is 2.18. The fourth-order valence-corrected chi connectivity index (χ4v) is 2.06. The van der Waals surface area contributed by atoms with Crippen molar-refractivity contribution in [1.29, 1.82) is 0 Å². The average Bonchev–Trinajstić information content (AvgIpc) is 2.74. The van der Waals surface area contributed by atoms with Gasteiger partial charge in [-0.15, -0.1) is 0 Å². The van der Waals surface area contributed by atoms with Crippen molar-refractivity contribution in [3.8, 4) is 11.4 Å². The van der Waals surface area contributed by atoms with Crippen LogP contribution in [0.2, 0.25) is 0 Å². The van der Waals surface area contributed by atoms with Crippen molar-refractivity contribution < 1.29 is 0 Å². The van der Waals surface area contributed by atoms with Crippen LogP contribution in [-0.4, -0.2) is 15.0 Å². The third-order valence-corrected chi connectivity index (χ3v) is 2.82. The number of fused-ring (bicyclic) bond motifs is 1. The van der Waals surface area contributed by atoms with Gasteiger partial charge in [-0.2, -0.15) is 0 Å². The van der Waals surface area contributed by atoms with E-state index >= 15 is 0 Å². The molecule has 3 aromatic rings. The lowest BCUT2D eigenvalue weighted by molar-refractivity contribution is 1.14. The second-order valence-electron chi connectivity index (χ2n) is 4.20. The molecule has 1 N–H and O–H groups in total. The number of nitrogens with zero attached hydrogens (tertiary/aromatic N) is 2. The van der Waals surface area contributed by atoms with Gasteiger partial charge < -0.3 is 4.98 Å². The van der Waals surface area contributed by atoms with Crippen molar-refractivity contribution in [2.75, 3.05) is 0 Å². The second-order valence-corrected chi connectivity index (χ2v) is 4.20. The number of pyridine rings is 1. The van der Waals surface area contributed by atoms with Crippen LogP contribution in [0, 0.1) is 13.8 Å². The number of rotatable bonds is 1. The largest absolute Gasteiger partial charge is 0.338 e. The molecule has 0 saturated carbocycles. The Bertz CT molecular complexity index is 669. The highest BCUT2D eigenvalue weighted by Crippen LogP contribution is 2.21. The minimum atomic E-state index is 0.899. The summed E-state index contributed by atoms with van der Waals surface area (Å²) in [6.45, 7) is 3.99. The van der Waals surface area contributed by atoms with E-state index in [4.69, 9.17) is 0 Å². The van der Waals surface area contributed by atoms with E-state index in [-0.39, 0.29) is 0 Å². The predicted molar refractivity (Wildman–Crippen MR) is 68.8 cm³/mol. The summed E-state index contributed by atoms with van der Waals surface area (Å²) in [7, 11) is 0. The average molecular weight is 223 g/mol. The van der Waals surface area contributed by atoms with Crippen LogP contribution in [0.1, 0.15) is 11.4 Å². The van der Waals surface area contributed by atoms with Gasteiger partial charge in [-0.1, -0.05) is 30.3 Å². The zero-order valence-corrected chi connectivity index (χ0v) is 9.86. The van der Waals surface area contributed by atoms with Gasteiger partial charge in [0.15, 0.2) is 0 Å². The fourth-order valence-electron chi connectivity index (χ4n) is 2.06. The van der Waals surface area contributed by atoms with Gasteiger partial charge in [-0.05, 0) is 19.9 Å². The molecule has 1 aromatic carbocycles. The molecule has 84 valence electrons. The lowest BCUT2D eigenvalue weighted by Gasteiger charge is -1.95. The molecule has 0 amide bonds. The van der Waals surface area contributed by atoms with Crippen molar-refractivity contribution in [2.45, 2.75) is 13.8 Å². The van der Waals surface area contributed by atoms with Gasteiger partial charge in [0.05, 0.1) is 11.2 Å². The molecule has 2 heterocycles. The van der Waals surface area contributed by atoms with Crippen molar-refractivity contribution in [3.63, 3.8) is 0 Å². The third kappa shape index (κ3) is 1.69. The van der Waals surface area contributed by atoms with Crippen molar-refractivity contribution in [1.82, 2.24) is 15.0 Å². The van der Waals surface area contributed by atoms with Gasteiger partial charge in [-0.3, -0.25) is 4.98 Å². The van der Waals surface area contributed by atoms with Crippen LogP contribution < -0.4 is 0 Å². The zero-order chi connectivity index (χ0) is 11.8. The first-order valence-electron chi connectivity index (χ1n) is 5.63. The molecule has 3 nitrogen and oxygen atoms in total. The molecule has 0 radical (unpaired) electrons. The minimum Gasteiger partial charge on any atom is -0.338 e. The number of aromatic amines is 1. The number of hydrogen-bond acceptors (Lipinski definition) is 2.